The molecular formula is C27H24N6O. The zero-order chi connectivity index (χ0) is 23.9. The Kier molecular flexibility index (Phi) is 5.17. The van der Waals surface area contributed by atoms with Crippen molar-refractivity contribution in [2.45, 2.75) is 26.2 Å². The molecule has 5 aromatic rings. The van der Waals surface area contributed by atoms with Gasteiger partial charge in [-0.3, -0.25) is 14.8 Å². The average Bonchev–Trinajstić information content (AvgIpc) is 3.26. The monoisotopic (exact) mass is 448 g/mol. The number of rotatable bonds is 5. The lowest BCUT2D eigenvalue weighted by Gasteiger charge is -2.26. The summed E-state index contributed by atoms with van der Waals surface area (Å²) in [5.41, 5.74) is 12.3. The summed E-state index contributed by atoms with van der Waals surface area (Å²) in [6.07, 6.45) is 3.42. The molecule has 0 aliphatic rings. The molecule has 3 aromatic carbocycles. The summed E-state index contributed by atoms with van der Waals surface area (Å²) in [5.74, 6) is -0.0174. The Labute approximate surface area is 197 Å². The van der Waals surface area contributed by atoms with E-state index in [1.165, 1.54) is 5.56 Å². The Bertz CT molecular complexity index is 1500. The first-order chi connectivity index (χ1) is 16.3. The van der Waals surface area contributed by atoms with Crippen molar-refractivity contribution in [3.05, 3.63) is 102 Å². The highest BCUT2D eigenvalue weighted by Crippen LogP contribution is 2.33. The van der Waals surface area contributed by atoms with Crippen LogP contribution in [0.15, 0.2) is 79.1 Å². The quantitative estimate of drug-likeness (QED) is 0.423. The number of amides is 1. The van der Waals surface area contributed by atoms with E-state index in [1.807, 2.05) is 18.2 Å². The normalized spacial score (nSPS) is 11.6. The molecule has 5 rings (SSSR count). The number of carbonyl (C=O) groups excluding carboxylic acids is 1. The molecule has 34 heavy (non-hydrogen) atoms. The second-order valence-electron chi connectivity index (χ2n) is 8.77. The molecule has 0 bridgehead atoms. The Morgan fingerprint density at radius 1 is 0.824 bits per heavy atom. The number of fused-ring (bicyclic) bond motifs is 1. The first-order valence-electron chi connectivity index (χ1n) is 11.0. The first kappa shape index (κ1) is 21.5. The van der Waals surface area contributed by atoms with E-state index >= 15 is 0 Å². The maximum atomic E-state index is 11.4. The molecule has 0 unspecified atom stereocenters. The van der Waals surface area contributed by atoms with Crippen LogP contribution in [0.1, 0.15) is 41.4 Å². The van der Waals surface area contributed by atoms with Crippen LogP contribution in [0.5, 0.6) is 0 Å². The molecule has 0 saturated heterocycles. The Morgan fingerprint density at radius 3 is 2.03 bits per heavy atom. The molecule has 0 aliphatic carbocycles. The van der Waals surface area contributed by atoms with Crippen LogP contribution in [0.3, 0.4) is 0 Å². The molecule has 0 fully saturated rings. The number of primary amides is 1. The lowest BCUT2D eigenvalue weighted by molar-refractivity contribution is 0.0990. The zero-order valence-electron chi connectivity index (χ0n) is 19.2. The summed E-state index contributed by atoms with van der Waals surface area (Å²) in [7, 11) is 0. The Balaban J connectivity index is 1.41. The Hall–Kier alpha value is -4.39. The molecule has 0 atom stereocenters. The maximum absolute atomic E-state index is 11.4. The van der Waals surface area contributed by atoms with Crippen molar-refractivity contribution in [2.75, 3.05) is 0 Å². The van der Waals surface area contributed by atoms with Crippen LogP contribution in [-0.4, -0.2) is 30.6 Å². The molecule has 7 nitrogen and oxygen atoms in total. The van der Waals surface area contributed by atoms with Crippen LogP contribution in [0.2, 0.25) is 0 Å². The molecule has 168 valence electrons. The van der Waals surface area contributed by atoms with Gasteiger partial charge in [-0.1, -0.05) is 56.3 Å². The molecule has 7 heteroatoms. The van der Waals surface area contributed by atoms with E-state index in [4.69, 9.17) is 5.73 Å². The molecular weight excluding hydrogens is 424 g/mol. The number of hydrogen-bond acceptors (Lipinski definition) is 5. The number of aromatic nitrogens is 5. The van der Waals surface area contributed by atoms with Crippen molar-refractivity contribution in [1.29, 1.82) is 0 Å². The van der Waals surface area contributed by atoms with Gasteiger partial charge in [0.2, 0.25) is 5.82 Å². The van der Waals surface area contributed by atoms with Crippen molar-refractivity contribution in [3.63, 3.8) is 0 Å². The zero-order valence-corrected chi connectivity index (χ0v) is 19.2. The van der Waals surface area contributed by atoms with Crippen LogP contribution in [0, 0.1) is 6.92 Å². The second-order valence-corrected chi connectivity index (χ2v) is 8.77. The van der Waals surface area contributed by atoms with Gasteiger partial charge in [-0.15, -0.1) is 5.10 Å². The number of nitrogens with zero attached hydrogens (tertiary/aromatic N) is 5. The van der Waals surface area contributed by atoms with Crippen LogP contribution in [0.4, 0.5) is 0 Å². The van der Waals surface area contributed by atoms with Gasteiger partial charge in [0.25, 0.3) is 5.91 Å². The van der Waals surface area contributed by atoms with Gasteiger partial charge in [0.15, 0.2) is 0 Å². The molecule has 0 spiro atoms. The van der Waals surface area contributed by atoms with Gasteiger partial charge in [-0.05, 0) is 53.4 Å². The number of benzene rings is 3. The van der Waals surface area contributed by atoms with E-state index in [0.29, 0.717) is 5.82 Å². The average molecular weight is 449 g/mol. The minimum atomic E-state index is -0.639. The Morgan fingerprint density at radius 2 is 1.41 bits per heavy atom. The minimum Gasteiger partial charge on any atom is -0.363 e. The fourth-order valence-electron chi connectivity index (χ4n) is 4.15. The van der Waals surface area contributed by atoms with Crippen molar-refractivity contribution in [1.82, 2.24) is 24.7 Å². The third-order valence-electron chi connectivity index (χ3n) is 6.23. The molecule has 0 aliphatic heterocycles. The number of hydrogen-bond donors (Lipinski definition) is 1. The molecule has 1 amide bonds. The maximum Gasteiger partial charge on any atom is 0.288 e. The molecule has 2 aromatic heterocycles. The third-order valence-corrected chi connectivity index (χ3v) is 6.23. The van der Waals surface area contributed by atoms with Gasteiger partial charge in [0, 0.05) is 17.8 Å². The lowest BCUT2D eigenvalue weighted by atomic mass is 9.78. The van der Waals surface area contributed by atoms with E-state index in [0.717, 1.165) is 33.4 Å². The summed E-state index contributed by atoms with van der Waals surface area (Å²) in [6, 6.07) is 22.9. The number of nitrogens with two attached hydrogens (primary N) is 1. The minimum absolute atomic E-state index is 0.0143. The van der Waals surface area contributed by atoms with Crippen LogP contribution in [-0.2, 0) is 5.41 Å². The summed E-state index contributed by atoms with van der Waals surface area (Å²) in [6.45, 7) is 6.20. The van der Waals surface area contributed by atoms with Crippen LogP contribution < -0.4 is 5.73 Å². The summed E-state index contributed by atoms with van der Waals surface area (Å²) in [4.78, 5) is 24.3. The molecule has 2 N–H and O–H groups in total. The van der Waals surface area contributed by atoms with Crippen molar-refractivity contribution in [2.24, 2.45) is 5.73 Å². The van der Waals surface area contributed by atoms with Crippen molar-refractivity contribution < 1.29 is 4.79 Å². The molecule has 0 radical (unpaired) electrons. The van der Waals surface area contributed by atoms with Gasteiger partial charge in [0.1, 0.15) is 5.82 Å². The van der Waals surface area contributed by atoms with Gasteiger partial charge < -0.3 is 5.73 Å². The highest BCUT2D eigenvalue weighted by molar-refractivity contribution is 5.88. The second kappa shape index (κ2) is 8.19. The third kappa shape index (κ3) is 3.81. The SMILES string of the molecule is Cc1nc(C(N)=O)nn1-c1ccc(C(C)(C)c2ccc(-c3ccc4nccnc4c3)cc2)cc1. The summed E-state index contributed by atoms with van der Waals surface area (Å²) in [5, 5.41) is 4.21. The van der Waals surface area contributed by atoms with Crippen molar-refractivity contribution >= 4 is 16.9 Å². The molecule has 0 saturated carbocycles. The van der Waals surface area contributed by atoms with Gasteiger partial charge >= 0.3 is 0 Å². The predicted molar refractivity (Wildman–Crippen MR) is 132 cm³/mol. The van der Waals surface area contributed by atoms with Gasteiger partial charge in [-0.2, -0.15) is 0 Å². The van der Waals surface area contributed by atoms with Crippen LogP contribution in [0.25, 0.3) is 27.8 Å². The topological polar surface area (TPSA) is 99.6 Å². The summed E-state index contributed by atoms with van der Waals surface area (Å²) >= 11 is 0. The lowest BCUT2D eigenvalue weighted by Crippen LogP contribution is -2.19. The van der Waals surface area contributed by atoms with E-state index in [-0.39, 0.29) is 11.2 Å². The van der Waals surface area contributed by atoms with Crippen LogP contribution >= 0.6 is 0 Å². The largest absolute Gasteiger partial charge is 0.363 e. The highest BCUT2D eigenvalue weighted by atomic mass is 16.1. The first-order valence-corrected chi connectivity index (χ1v) is 11.0. The van der Waals surface area contributed by atoms with E-state index in [1.54, 1.807) is 24.0 Å². The number of carbonyl (C=O) groups is 1. The summed E-state index contributed by atoms with van der Waals surface area (Å²) < 4.78 is 1.62. The fraction of sp³-hybridized carbons (Fsp3) is 0.148. The standard InChI is InChI=1S/C27H24N6O/c1-17-31-26(25(28)34)32-33(17)22-11-9-21(10-12-22)27(2,3)20-7-4-18(5-8-20)19-6-13-23-24(16-19)30-15-14-29-23/h4-16H,1-3H3,(H2,28,34). The van der Waals surface area contributed by atoms with Gasteiger partial charge in [0.05, 0.1) is 16.7 Å². The predicted octanol–water partition coefficient (Wildman–Crippen LogP) is 4.61. The van der Waals surface area contributed by atoms with E-state index < -0.39 is 5.91 Å². The highest BCUT2D eigenvalue weighted by Gasteiger charge is 2.23. The molecule has 2 heterocycles. The van der Waals surface area contributed by atoms with Crippen molar-refractivity contribution in [3.8, 4) is 16.8 Å². The van der Waals surface area contributed by atoms with E-state index in [9.17, 15) is 4.79 Å². The smallest absolute Gasteiger partial charge is 0.288 e. The fourth-order valence-corrected chi connectivity index (χ4v) is 4.15. The van der Waals surface area contributed by atoms with Gasteiger partial charge in [-0.25, -0.2) is 9.67 Å². The van der Waals surface area contributed by atoms with E-state index in [2.05, 4.69) is 82.4 Å². The number of aryl methyl sites for hydroxylation is 1.